The van der Waals surface area contributed by atoms with Gasteiger partial charge in [-0.1, -0.05) is 6.07 Å². The fraction of sp³-hybridized carbons (Fsp3) is 0.100. The van der Waals surface area contributed by atoms with Crippen molar-refractivity contribution in [3.63, 3.8) is 0 Å². The highest BCUT2D eigenvalue weighted by Crippen LogP contribution is 2.34. The second kappa shape index (κ2) is 6.54. The topological polar surface area (TPSA) is 71.7 Å². The van der Waals surface area contributed by atoms with E-state index in [1.165, 1.54) is 6.33 Å². The maximum atomic E-state index is 9.35. The highest BCUT2D eigenvalue weighted by atomic mass is 32.1. The van der Waals surface area contributed by atoms with E-state index in [0.29, 0.717) is 17.3 Å². The summed E-state index contributed by atoms with van der Waals surface area (Å²) in [4.78, 5) is 12.7. The first-order valence-corrected chi connectivity index (χ1v) is 8.88. The van der Waals surface area contributed by atoms with Crippen molar-refractivity contribution in [2.24, 2.45) is 0 Å². The zero-order valence-electron chi connectivity index (χ0n) is 14.2. The number of fused-ring (bicyclic) bond motifs is 1. The number of hydrogen-bond donors (Lipinski definition) is 0. The molecular formula is C20H14N4OS. The van der Waals surface area contributed by atoms with E-state index < -0.39 is 0 Å². The Hall–Kier alpha value is -3.30. The van der Waals surface area contributed by atoms with E-state index in [9.17, 15) is 5.26 Å². The summed E-state index contributed by atoms with van der Waals surface area (Å²) in [5.74, 6) is 1.30. The number of rotatable bonds is 3. The van der Waals surface area contributed by atoms with Crippen molar-refractivity contribution >= 4 is 21.4 Å². The van der Waals surface area contributed by atoms with Crippen LogP contribution in [0.15, 0.2) is 48.2 Å². The van der Waals surface area contributed by atoms with Crippen molar-refractivity contribution in [3.8, 4) is 28.8 Å². The van der Waals surface area contributed by atoms with Gasteiger partial charge in [0.05, 0.1) is 4.70 Å². The van der Waals surface area contributed by atoms with E-state index in [1.807, 2.05) is 49.6 Å². The summed E-state index contributed by atoms with van der Waals surface area (Å²) in [6.45, 7) is 3.86. The van der Waals surface area contributed by atoms with Crippen LogP contribution in [-0.2, 0) is 0 Å². The fourth-order valence-electron chi connectivity index (χ4n) is 2.91. The fourth-order valence-corrected chi connectivity index (χ4v) is 3.73. The van der Waals surface area contributed by atoms with E-state index in [0.717, 1.165) is 32.5 Å². The summed E-state index contributed by atoms with van der Waals surface area (Å²) >= 11 is 1.60. The third kappa shape index (κ3) is 2.79. The molecule has 0 amide bonds. The smallest absolute Gasteiger partial charge is 0.237 e. The molecule has 0 aliphatic carbocycles. The Morgan fingerprint density at radius 3 is 2.77 bits per heavy atom. The zero-order chi connectivity index (χ0) is 18.1. The molecule has 0 aliphatic rings. The third-order valence-electron chi connectivity index (χ3n) is 4.16. The van der Waals surface area contributed by atoms with Crippen molar-refractivity contribution in [1.29, 1.82) is 5.26 Å². The van der Waals surface area contributed by atoms with Crippen molar-refractivity contribution in [2.75, 3.05) is 0 Å². The molecular weight excluding hydrogens is 344 g/mol. The molecule has 5 nitrogen and oxygen atoms in total. The molecule has 6 heteroatoms. The highest BCUT2D eigenvalue weighted by molar-refractivity contribution is 7.17. The molecule has 1 aromatic carbocycles. The van der Waals surface area contributed by atoms with Gasteiger partial charge in [0.2, 0.25) is 5.88 Å². The summed E-state index contributed by atoms with van der Waals surface area (Å²) in [5, 5.41) is 12.5. The lowest BCUT2D eigenvalue weighted by molar-refractivity contribution is 0.470. The third-order valence-corrected chi connectivity index (χ3v) is 5.08. The largest absolute Gasteiger partial charge is 0.438 e. The minimum absolute atomic E-state index is 0.374. The van der Waals surface area contributed by atoms with E-state index in [-0.39, 0.29) is 0 Å². The van der Waals surface area contributed by atoms with Gasteiger partial charge in [0.15, 0.2) is 5.69 Å². The molecule has 0 saturated heterocycles. The van der Waals surface area contributed by atoms with Gasteiger partial charge in [-0.2, -0.15) is 5.26 Å². The van der Waals surface area contributed by atoms with Gasteiger partial charge in [-0.25, -0.2) is 15.0 Å². The van der Waals surface area contributed by atoms with Crippen molar-refractivity contribution < 1.29 is 4.74 Å². The average molecular weight is 358 g/mol. The maximum Gasteiger partial charge on any atom is 0.237 e. The van der Waals surface area contributed by atoms with E-state index >= 15 is 0 Å². The molecule has 0 radical (unpaired) electrons. The lowest BCUT2D eigenvalue weighted by Gasteiger charge is -2.12. The van der Waals surface area contributed by atoms with Crippen LogP contribution < -0.4 is 4.74 Å². The molecule has 4 rings (SSSR count). The maximum absolute atomic E-state index is 9.35. The summed E-state index contributed by atoms with van der Waals surface area (Å²) in [6, 6.07) is 11.9. The SMILES string of the molecule is Cc1cc(Oc2nccc3ccsc23)ccc1-c1c(C)ncnc1C#N. The number of aromatic nitrogens is 3. The van der Waals surface area contributed by atoms with Crippen molar-refractivity contribution in [1.82, 2.24) is 15.0 Å². The van der Waals surface area contributed by atoms with Crippen LogP contribution in [0.25, 0.3) is 21.2 Å². The Morgan fingerprint density at radius 1 is 1.08 bits per heavy atom. The molecule has 0 unspecified atom stereocenters. The summed E-state index contributed by atoms with van der Waals surface area (Å²) in [5.41, 5.74) is 3.82. The number of hydrogen-bond acceptors (Lipinski definition) is 6. The van der Waals surface area contributed by atoms with Gasteiger partial charge in [0, 0.05) is 17.5 Å². The van der Waals surface area contributed by atoms with Crippen LogP contribution in [0.5, 0.6) is 11.6 Å². The number of aryl methyl sites for hydroxylation is 2. The number of nitriles is 1. The standard InChI is InChI=1S/C20H14N4OS/c1-12-9-15(25-20-19-14(5-7-22-20)6-8-26-19)3-4-16(12)18-13(2)23-11-24-17(18)10-21/h3-9,11H,1-2H3. The normalized spacial score (nSPS) is 10.7. The first kappa shape index (κ1) is 16.2. The van der Waals surface area contributed by atoms with Gasteiger partial charge in [-0.15, -0.1) is 11.3 Å². The first-order valence-electron chi connectivity index (χ1n) is 8.00. The quantitative estimate of drug-likeness (QED) is 0.513. The molecule has 0 aliphatic heterocycles. The lowest BCUT2D eigenvalue weighted by Crippen LogP contribution is -1.97. The molecule has 3 heterocycles. The molecule has 4 aromatic rings. The number of nitrogens with zero attached hydrogens (tertiary/aromatic N) is 4. The molecule has 26 heavy (non-hydrogen) atoms. The Kier molecular flexibility index (Phi) is 4.07. The molecule has 0 bridgehead atoms. The predicted octanol–water partition coefficient (Wildman–Crippen LogP) is 5.03. The summed E-state index contributed by atoms with van der Waals surface area (Å²) in [6.07, 6.45) is 3.16. The van der Waals surface area contributed by atoms with Crippen LogP contribution in [-0.4, -0.2) is 15.0 Å². The monoisotopic (exact) mass is 358 g/mol. The molecule has 0 saturated carbocycles. The van der Waals surface area contributed by atoms with Crippen LogP contribution in [0.1, 0.15) is 17.0 Å². The average Bonchev–Trinajstić information content (AvgIpc) is 3.12. The van der Waals surface area contributed by atoms with Gasteiger partial charge >= 0.3 is 0 Å². The van der Waals surface area contributed by atoms with Gasteiger partial charge < -0.3 is 4.74 Å². The van der Waals surface area contributed by atoms with E-state index in [1.54, 1.807) is 17.5 Å². The van der Waals surface area contributed by atoms with Gasteiger partial charge in [-0.05, 0) is 60.0 Å². The second-order valence-corrected chi connectivity index (χ2v) is 6.74. The van der Waals surface area contributed by atoms with Gasteiger partial charge in [-0.3, -0.25) is 0 Å². The number of pyridine rings is 1. The van der Waals surface area contributed by atoms with E-state index in [4.69, 9.17) is 4.74 Å². The molecule has 0 N–H and O–H groups in total. The Labute approximate surface area is 154 Å². The summed E-state index contributed by atoms with van der Waals surface area (Å²) < 4.78 is 7.03. The Morgan fingerprint density at radius 2 is 1.96 bits per heavy atom. The second-order valence-electron chi connectivity index (χ2n) is 5.83. The lowest BCUT2D eigenvalue weighted by atomic mass is 9.98. The summed E-state index contributed by atoms with van der Waals surface area (Å²) in [7, 11) is 0. The minimum Gasteiger partial charge on any atom is -0.438 e. The van der Waals surface area contributed by atoms with Gasteiger partial charge in [0.25, 0.3) is 0 Å². The molecule has 3 aromatic heterocycles. The van der Waals surface area contributed by atoms with Crippen LogP contribution in [0, 0.1) is 25.2 Å². The molecule has 0 spiro atoms. The molecule has 126 valence electrons. The number of ether oxygens (including phenoxy) is 1. The van der Waals surface area contributed by atoms with Gasteiger partial charge in [0.1, 0.15) is 18.1 Å². The Balaban J connectivity index is 1.74. The zero-order valence-corrected chi connectivity index (χ0v) is 15.0. The number of thiophene rings is 1. The number of benzene rings is 1. The van der Waals surface area contributed by atoms with Crippen molar-refractivity contribution in [3.05, 3.63) is 65.2 Å². The Bertz CT molecular complexity index is 1160. The van der Waals surface area contributed by atoms with Crippen molar-refractivity contribution in [2.45, 2.75) is 13.8 Å². The molecule has 0 fully saturated rings. The highest BCUT2D eigenvalue weighted by Gasteiger charge is 2.14. The first-order chi connectivity index (χ1) is 12.7. The molecule has 0 atom stereocenters. The van der Waals surface area contributed by atoms with E-state index in [2.05, 4.69) is 21.0 Å². The van der Waals surface area contributed by atoms with Crippen LogP contribution >= 0.6 is 11.3 Å². The predicted molar refractivity (Wildman–Crippen MR) is 101 cm³/mol. The van der Waals surface area contributed by atoms with Crippen LogP contribution in [0.4, 0.5) is 0 Å². The minimum atomic E-state index is 0.374. The van der Waals surface area contributed by atoms with Crippen LogP contribution in [0.3, 0.4) is 0 Å². The van der Waals surface area contributed by atoms with Crippen LogP contribution in [0.2, 0.25) is 0 Å².